The fraction of sp³-hybridized carbons (Fsp3) is 0.529. The zero-order chi connectivity index (χ0) is 14.4. The monoisotopic (exact) mass is 284 g/mol. The zero-order valence-electron chi connectivity index (χ0n) is 12.1. The fourth-order valence-corrected chi connectivity index (χ4v) is 5.30. The number of nitrogens with zero attached hydrogens (tertiary/aromatic N) is 1. The van der Waals surface area contributed by atoms with Gasteiger partial charge in [0.1, 0.15) is 6.10 Å². The average Bonchev–Trinajstić information content (AvgIpc) is 2.83. The van der Waals surface area contributed by atoms with Crippen molar-refractivity contribution in [3.05, 3.63) is 35.4 Å². The molecule has 5 rings (SSSR count). The van der Waals surface area contributed by atoms with E-state index in [1.54, 1.807) is 6.07 Å². The molecule has 2 bridgehead atoms. The van der Waals surface area contributed by atoms with E-state index < -0.39 is 0 Å². The summed E-state index contributed by atoms with van der Waals surface area (Å²) < 4.78 is 6.21. The molecule has 0 radical (unpaired) electrons. The molecular formula is C17H20N2O2. The Kier molecular flexibility index (Phi) is 2.08. The van der Waals surface area contributed by atoms with E-state index in [0.29, 0.717) is 17.7 Å². The number of likely N-dealkylation sites (N-methyl/N-ethyl adjacent to an activating group) is 1. The average molecular weight is 284 g/mol. The lowest BCUT2D eigenvalue weighted by atomic mass is 9.53. The minimum atomic E-state index is -0.0944. The Labute approximate surface area is 124 Å². The summed E-state index contributed by atoms with van der Waals surface area (Å²) in [4.78, 5) is 2.47. The van der Waals surface area contributed by atoms with E-state index in [-0.39, 0.29) is 23.3 Å². The number of benzene rings is 1. The van der Waals surface area contributed by atoms with Crippen LogP contribution in [-0.2, 0) is 11.8 Å². The number of nitrogens with two attached hydrogens (primary N) is 1. The van der Waals surface area contributed by atoms with E-state index in [0.717, 1.165) is 19.4 Å². The molecule has 4 aliphatic rings. The van der Waals surface area contributed by atoms with Crippen molar-refractivity contribution in [1.82, 2.24) is 4.90 Å². The Morgan fingerprint density at radius 2 is 2.24 bits per heavy atom. The van der Waals surface area contributed by atoms with E-state index in [1.807, 2.05) is 0 Å². The molecule has 0 aromatic heterocycles. The summed E-state index contributed by atoms with van der Waals surface area (Å²) in [7, 11) is 2.22. The van der Waals surface area contributed by atoms with Gasteiger partial charge in [0.15, 0.2) is 11.5 Å². The number of piperidine rings is 1. The van der Waals surface area contributed by atoms with Gasteiger partial charge >= 0.3 is 0 Å². The highest BCUT2D eigenvalue weighted by Crippen LogP contribution is 2.62. The molecule has 2 aliphatic heterocycles. The number of hydrogen-bond acceptors (Lipinski definition) is 4. The number of rotatable bonds is 0. The summed E-state index contributed by atoms with van der Waals surface area (Å²) in [6.07, 6.45) is 6.46. The number of likely N-dealkylation sites (tertiary alicyclic amines) is 1. The highest BCUT2D eigenvalue weighted by molar-refractivity contribution is 5.61. The molecule has 1 aromatic carbocycles. The topological polar surface area (TPSA) is 58.7 Å². The lowest BCUT2D eigenvalue weighted by Crippen LogP contribution is -2.65. The first-order valence-electron chi connectivity index (χ1n) is 7.79. The molecule has 110 valence electrons. The standard InChI is InChI=1S/C17H20N2O2/c1-19-7-6-17-10-3-4-11(18)16(17)21-15-13(20)5-2-9(14(15)17)8-12(10)19/h2-5,10-12,16,20H,6-8,18H2,1H3/t10-,11+,12+,16-,17-/m0/s1. The van der Waals surface area contributed by atoms with Gasteiger partial charge < -0.3 is 20.5 Å². The molecule has 21 heavy (non-hydrogen) atoms. The number of ether oxygens (including phenoxy) is 1. The Bertz CT molecular complexity index is 671. The van der Waals surface area contributed by atoms with Crippen molar-refractivity contribution in [2.24, 2.45) is 11.7 Å². The number of hydrogen-bond donors (Lipinski definition) is 2. The van der Waals surface area contributed by atoms with Crippen LogP contribution in [0.3, 0.4) is 0 Å². The van der Waals surface area contributed by atoms with Crippen molar-refractivity contribution >= 4 is 0 Å². The van der Waals surface area contributed by atoms with Gasteiger partial charge in [-0.25, -0.2) is 0 Å². The van der Waals surface area contributed by atoms with Crippen LogP contribution in [0.5, 0.6) is 11.5 Å². The zero-order valence-corrected chi connectivity index (χ0v) is 12.1. The van der Waals surface area contributed by atoms with E-state index >= 15 is 0 Å². The number of phenolic OH excluding ortho intramolecular Hbond substituents is 1. The van der Waals surface area contributed by atoms with Gasteiger partial charge in [-0.1, -0.05) is 18.2 Å². The molecule has 1 aromatic rings. The first-order chi connectivity index (χ1) is 10.1. The van der Waals surface area contributed by atoms with Crippen molar-refractivity contribution < 1.29 is 9.84 Å². The Morgan fingerprint density at radius 3 is 3.10 bits per heavy atom. The number of phenols is 1. The molecule has 1 spiro atoms. The maximum absolute atomic E-state index is 10.2. The van der Waals surface area contributed by atoms with Crippen LogP contribution in [0.25, 0.3) is 0 Å². The van der Waals surface area contributed by atoms with Gasteiger partial charge in [0.2, 0.25) is 0 Å². The van der Waals surface area contributed by atoms with Crippen LogP contribution in [0, 0.1) is 5.92 Å². The predicted octanol–water partition coefficient (Wildman–Crippen LogP) is 1.16. The molecule has 5 atom stereocenters. The molecule has 1 fully saturated rings. The largest absolute Gasteiger partial charge is 0.504 e. The molecular weight excluding hydrogens is 264 g/mol. The summed E-state index contributed by atoms with van der Waals surface area (Å²) in [5, 5.41) is 10.2. The Balaban J connectivity index is 1.84. The van der Waals surface area contributed by atoms with Gasteiger partial charge in [-0.3, -0.25) is 0 Å². The van der Waals surface area contributed by atoms with Crippen molar-refractivity contribution in [1.29, 1.82) is 0 Å². The van der Waals surface area contributed by atoms with Crippen LogP contribution in [0.4, 0.5) is 0 Å². The third-order valence-corrected chi connectivity index (χ3v) is 6.21. The lowest BCUT2D eigenvalue weighted by Gasteiger charge is -2.56. The first-order valence-corrected chi connectivity index (χ1v) is 7.79. The third-order valence-electron chi connectivity index (χ3n) is 6.21. The quantitative estimate of drug-likeness (QED) is 0.702. The first kappa shape index (κ1) is 12.1. The van der Waals surface area contributed by atoms with Crippen LogP contribution in [0.15, 0.2) is 24.3 Å². The van der Waals surface area contributed by atoms with Crippen molar-refractivity contribution in [2.75, 3.05) is 13.6 Å². The molecule has 0 unspecified atom stereocenters. The van der Waals surface area contributed by atoms with Gasteiger partial charge in [-0.15, -0.1) is 0 Å². The Morgan fingerprint density at radius 1 is 1.38 bits per heavy atom. The minimum absolute atomic E-state index is 0.0347. The van der Waals surface area contributed by atoms with Crippen LogP contribution in [0.2, 0.25) is 0 Å². The minimum Gasteiger partial charge on any atom is -0.504 e. The summed E-state index contributed by atoms with van der Waals surface area (Å²) in [6.45, 7) is 1.07. The van der Waals surface area contributed by atoms with Gasteiger partial charge in [0, 0.05) is 22.9 Å². The molecule has 0 saturated carbocycles. The van der Waals surface area contributed by atoms with Crippen LogP contribution in [-0.4, -0.2) is 41.8 Å². The second-order valence-electron chi connectivity index (χ2n) is 7.02. The van der Waals surface area contributed by atoms with Crippen molar-refractivity contribution in [2.45, 2.75) is 36.4 Å². The molecule has 4 heteroatoms. The fourth-order valence-electron chi connectivity index (χ4n) is 5.30. The predicted molar refractivity (Wildman–Crippen MR) is 79.5 cm³/mol. The highest BCUT2D eigenvalue weighted by Gasteiger charge is 2.63. The van der Waals surface area contributed by atoms with Gasteiger partial charge in [0.25, 0.3) is 0 Å². The maximum atomic E-state index is 10.2. The lowest BCUT2D eigenvalue weighted by molar-refractivity contribution is -0.00428. The summed E-state index contributed by atoms with van der Waals surface area (Å²) in [6, 6.07) is 4.27. The second-order valence-corrected chi connectivity index (χ2v) is 7.02. The normalized spacial score (nSPS) is 42.6. The third kappa shape index (κ3) is 1.21. The van der Waals surface area contributed by atoms with Crippen LogP contribution >= 0.6 is 0 Å². The SMILES string of the molecule is CN1CC[C@]23c4c5ccc(O)c4O[C@H]2[C@H](N)C=C[C@H]3[C@H]1C5. The van der Waals surface area contributed by atoms with E-state index in [2.05, 4.69) is 30.2 Å². The second kappa shape index (κ2) is 3.62. The van der Waals surface area contributed by atoms with E-state index in [4.69, 9.17) is 10.5 Å². The highest BCUT2D eigenvalue weighted by atomic mass is 16.5. The number of aromatic hydroxyl groups is 1. The van der Waals surface area contributed by atoms with Crippen LogP contribution in [0.1, 0.15) is 17.5 Å². The van der Waals surface area contributed by atoms with Crippen molar-refractivity contribution in [3.63, 3.8) is 0 Å². The van der Waals surface area contributed by atoms with E-state index in [1.165, 1.54) is 11.1 Å². The van der Waals surface area contributed by atoms with Crippen LogP contribution < -0.4 is 10.5 Å². The maximum Gasteiger partial charge on any atom is 0.165 e. The molecule has 3 N–H and O–H groups in total. The van der Waals surface area contributed by atoms with E-state index in [9.17, 15) is 5.11 Å². The van der Waals surface area contributed by atoms with Crippen molar-refractivity contribution in [3.8, 4) is 11.5 Å². The smallest absolute Gasteiger partial charge is 0.165 e. The summed E-state index contributed by atoms with van der Waals surface area (Å²) in [5.41, 5.74) is 8.89. The summed E-state index contributed by atoms with van der Waals surface area (Å²) in [5.74, 6) is 1.40. The van der Waals surface area contributed by atoms with Gasteiger partial charge in [0.05, 0.1) is 6.04 Å². The molecule has 2 aliphatic carbocycles. The Hall–Kier alpha value is -1.52. The van der Waals surface area contributed by atoms with Gasteiger partial charge in [-0.2, -0.15) is 0 Å². The summed E-state index contributed by atoms with van der Waals surface area (Å²) >= 11 is 0. The molecule has 4 nitrogen and oxygen atoms in total. The van der Waals surface area contributed by atoms with Gasteiger partial charge in [-0.05, 0) is 38.1 Å². The molecule has 2 heterocycles. The molecule has 1 saturated heterocycles. The molecule has 0 amide bonds.